The van der Waals surface area contributed by atoms with Crippen LogP contribution in [-0.4, -0.2) is 36.6 Å². The number of aromatic nitrogens is 1. The quantitative estimate of drug-likeness (QED) is 0.739. The van der Waals surface area contributed by atoms with E-state index < -0.39 is 25.1 Å². The molecule has 6 nitrogen and oxygen atoms in total. The molecule has 1 aromatic carbocycles. The predicted octanol–water partition coefficient (Wildman–Crippen LogP) is 2.20. The largest absolute Gasteiger partial charge is 0.452 e. The van der Waals surface area contributed by atoms with Crippen LogP contribution in [0.25, 0.3) is 0 Å². The topological polar surface area (TPSA) is 77.5 Å². The zero-order chi connectivity index (χ0) is 18.1. The molecule has 0 aliphatic heterocycles. The van der Waals surface area contributed by atoms with E-state index in [4.69, 9.17) is 4.74 Å². The number of nitrogens with one attached hydrogen (secondary N) is 1. The fourth-order valence-corrected chi connectivity index (χ4v) is 1.93. The summed E-state index contributed by atoms with van der Waals surface area (Å²) in [5, 5.41) is 2.60. The lowest BCUT2D eigenvalue weighted by molar-refractivity contribution is -0.124. The molecule has 0 aliphatic rings. The molecule has 0 unspecified atom stereocenters. The molecule has 1 aromatic heterocycles. The monoisotopic (exact) mass is 350 g/mol. The van der Waals surface area contributed by atoms with E-state index in [1.165, 1.54) is 30.6 Å². The molecule has 1 N–H and O–H groups in total. The molecule has 2 aromatic rings. The Hall–Kier alpha value is -3.03. The molecule has 0 aliphatic carbocycles. The number of amides is 1. The normalized spacial score (nSPS) is 10.4. The first-order chi connectivity index (χ1) is 12.0. The van der Waals surface area contributed by atoms with Gasteiger partial charge in [-0.05, 0) is 36.2 Å². The standard InChI is InChI=1S/C17H16F2N2O4/c18-17(19)25-14-5-3-12(4-6-14)7-9-21-15(22)11-24-16(23)13-2-1-8-20-10-13/h1-6,8,10,17H,7,9,11H2,(H,21,22). The van der Waals surface area contributed by atoms with Crippen LogP contribution in [0, 0.1) is 0 Å². The van der Waals surface area contributed by atoms with E-state index >= 15 is 0 Å². The summed E-state index contributed by atoms with van der Waals surface area (Å²) in [6.45, 7) is -2.94. The van der Waals surface area contributed by atoms with E-state index in [0.29, 0.717) is 13.0 Å². The third kappa shape index (κ3) is 6.54. The summed E-state index contributed by atoms with van der Waals surface area (Å²) in [7, 11) is 0. The molecular weight excluding hydrogens is 334 g/mol. The van der Waals surface area contributed by atoms with Crippen molar-refractivity contribution in [2.45, 2.75) is 13.0 Å². The van der Waals surface area contributed by atoms with Crippen LogP contribution >= 0.6 is 0 Å². The summed E-state index contributed by atoms with van der Waals surface area (Å²) in [5.74, 6) is -0.988. The summed E-state index contributed by atoms with van der Waals surface area (Å²) in [5.41, 5.74) is 1.11. The third-order valence-corrected chi connectivity index (χ3v) is 3.12. The van der Waals surface area contributed by atoms with E-state index in [1.54, 1.807) is 18.2 Å². The fraction of sp³-hybridized carbons (Fsp3) is 0.235. The summed E-state index contributed by atoms with van der Waals surface area (Å²) in [6.07, 6.45) is 3.37. The number of esters is 1. The summed E-state index contributed by atoms with van der Waals surface area (Å²) in [6, 6.07) is 9.25. The van der Waals surface area contributed by atoms with Crippen LogP contribution in [0.15, 0.2) is 48.8 Å². The minimum absolute atomic E-state index is 0.0742. The predicted molar refractivity (Wildman–Crippen MR) is 84.3 cm³/mol. The van der Waals surface area contributed by atoms with E-state index in [9.17, 15) is 18.4 Å². The third-order valence-electron chi connectivity index (χ3n) is 3.12. The van der Waals surface area contributed by atoms with Crippen molar-refractivity contribution < 1.29 is 27.8 Å². The van der Waals surface area contributed by atoms with Gasteiger partial charge in [-0.15, -0.1) is 0 Å². The van der Waals surface area contributed by atoms with Crippen molar-refractivity contribution in [2.75, 3.05) is 13.2 Å². The Morgan fingerprint density at radius 2 is 1.92 bits per heavy atom. The average Bonchev–Trinajstić information content (AvgIpc) is 2.61. The number of carbonyl (C=O) groups is 2. The van der Waals surface area contributed by atoms with Crippen LogP contribution in [-0.2, 0) is 16.0 Å². The highest BCUT2D eigenvalue weighted by molar-refractivity contribution is 5.90. The SMILES string of the molecule is O=C(COC(=O)c1cccnc1)NCCc1ccc(OC(F)F)cc1. The lowest BCUT2D eigenvalue weighted by Gasteiger charge is -2.08. The molecule has 8 heteroatoms. The molecule has 25 heavy (non-hydrogen) atoms. The van der Waals surface area contributed by atoms with Crippen molar-refractivity contribution in [2.24, 2.45) is 0 Å². The molecule has 0 spiro atoms. The molecule has 0 bridgehead atoms. The van der Waals surface area contributed by atoms with Gasteiger partial charge in [-0.25, -0.2) is 4.79 Å². The average molecular weight is 350 g/mol. The second-order valence-electron chi connectivity index (χ2n) is 4.94. The maximum absolute atomic E-state index is 12.0. The van der Waals surface area contributed by atoms with E-state index in [2.05, 4.69) is 15.0 Å². The van der Waals surface area contributed by atoms with Gasteiger partial charge in [0.15, 0.2) is 6.61 Å². The van der Waals surface area contributed by atoms with Gasteiger partial charge in [0.25, 0.3) is 5.91 Å². The van der Waals surface area contributed by atoms with Crippen molar-refractivity contribution in [1.29, 1.82) is 0 Å². The van der Waals surface area contributed by atoms with Crippen LogP contribution in [0.4, 0.5) is 8.78 Å². The molecule has 0 saturated carbocycles. The highest BCUT2D eigenvalue weighted by Crippen LogP contribution is 2.14. The van der Waals surface area contributed by atoms with E-state index in [0.717, 1.165) is 5.56 Å². The molecule has 2 rings (SSSR count). The number of nitrogens with zero attached hydrogens (tertiary/aromatic N) is 1. The van der Waals surface area contributed by atoms with Gasteiger partial charge in [0, 0.05) is 18.9 Å². The maximum Gasteiger partial charge on any atom is 0.387 e. The zero-order valence-electron chi connectivity index (χ0n) is 13.2. The van der Waals surface area contributed by atoms with Crippen LogP contribution in [0.2, 0.25) is 0 Å². The Kier molecular flexibility index (Phi) is 6.82. The van der Waals surface area contributed by atoms with Gasteiger partial charge in [-0.2, -0.15) is 8.78 Å². The first-order valence-electron chi connectivity index (χ1n) is 7.42. The molecule has 0 radical (unpaired) electrons. The van der Waals surface area contributed by atoms with Crippen molar-refractivity contribution in [3.05, 3.63) is 59.9 Å². The Balaban J connectivity index is 1.67. The van der Waals surface area contributed by atoms with Crippen molar-refractivity contribution >= 4 is 11.9 Å². The second-order valence-corrected chi connectivity index (χ2v) is 4.94. The number of ether oxygens (including phenoxy) is 2. The number of rotatable bonds is 8. The number of halogens is 2. The number of hydrogen-bond acceptors (Lipinski definition) is 5. The second kappa shape index (κ2) is 9.31. The van der Waals surface area contributed by atoms with Crippen molar-refractivity contribution in [3.8, 4) is 5.75 Å². The Morgan fingerprint density at radius 3 is 2.56 bits per heavy atom. The first-order valence-corrected chi connectivity index (χ1v) is 7.42. The van der Waals surface area contributed by atoms with Gasteiger partial charge >= 0.3 is 12.6 Å². The molecule has 0 atom stereocenters. The number of pyridine rings is 1. The van der Waals surface area contributed by atoms with E-state index in [-0.39, 0.29) is 11.3 Å². The van der Waals surface area contributed by atoms with Gasteiger partial charge in [-0.1, -0.05) is 12.1 Å². The fourth-order valence-electron chi connectivity index (χ4n) is 1.93. The van der Waals surface area contributed by atoms with Crippen LogP contribution < -0.4 is 10.1 Å². The zero-order valence-corrected chi connectivity index (χ0v) is 13.2. The lowest BCUT2D eigenvalue weighted by Crippen LogP contribution is -2.30. The number of alkyl halides is 2. The Labute approximate surface area is 142 Å². The lowest BCUT2D eigenvalue weighted by atomic mass is 10.1. The molecule has 132 valence electrons. The minimum atomic E-state index is -2.86. The van der Waals surface area contributed by atoms with Gasteiger partial charge in [-0.3, -0.25) is 9.78 Å². The molecular formula is C17H16F2N2O4. The van der Waals surface area contributed by atoms with Crippen molar-refractivity contribution in [3.63, 3.8) is 0 Å². The number of carbonyl (C=O) groups excluding carboxylic acids is 2. The van der Waals surface area contributed by atoms with Gasteiger partial charge < -0.3 is 14.8 Å². The highest BCUT2D eigenvalue weighted by atomic mass is 19.3. The first kappa shape index (κ1) is 18.3. The number of benzene rings is 1. The smallest absolute Gasteiger partial charge is 0.387 e. The van der Waals surface area contributed by atoms with Crippen molar-refractivity contribution in [1.82, 2.24) is 10.3 Å². The van der Waals surface area contributed by atoms with Crippen LogP contribution in [0.1, 0.15) is 15.9 Å². The molecule has 0 fully saturated rings. The Morgan fingerprint density at radius 1 is 1.16 bits per heavy atom. The summed E-state index contributed by atoms with van der Waals surface area (Å²) in [4.78, 5) is 27.1. The van der Waals surface area contributed by atoms with Crippen LogP contribution in [0.3, 0.4) is 0 Å². The summed E-state index contributed by atoms with van der Waals surface area (Å²) < 4.78 is 33.2. The van der Waals surface area contributed by atoms with Gasteiger partial charge in [0.05, 0.1) is 5.56 Å². The summed E-state index contributed by atoms with van der Waals surface area (Å²) >= 11 is 0. The number of hydrogen-bond donors (Lipinski definition) is 1. The van der Waals surface area contributed by atoms with Gasteiger partial charge in [0.2, 0.25) is 0 Å². The highest BCUT2D eigenvalue weighted by Gasteiger charge is 2.10. The van der Waals surface area contributed by atoms with Crippen LogP contribution in [0.5, 0.6) is 5.75 Å². The van der Waals surface area contributed by atoms with E-state index in [1.807, 2.05) is 0 Å². The minimum Gasteiger partial charge on any atom is -0.452 e. The van der Waals surface area contributed by atoms with Gasteiger partial charge in [0.1, 0.15) is 5.75 Å². The molecule has 0 saturated heterocycles. The Bertz CT molecular complexity index is 694. The maximum atomic E-state index is 12.0. The molecule has 1 heterocycles. The molecule has 1 amide bonds.